The number of carbonyl (C=O) groups excluding carboxylic acids is 1. The Balaban J connectivity index is 1.82. The third-order valence-corrected chi connectivity index (χ3v) is 4.07. The zero-order chi connectivity index (χ0) is 14.1. The minimum absolute atomic E-state index is 0.217. The average Bonchev–Trinajstić information content (AvgIpc) is 2.85. The molecule has 0 radical (unpaired) electrons. The number of aryl methyl sites for hydroxylation is 4. The fourth-order valence-electron chi connectivity index (χ4n) is 3.16. The second-order valence-corrected chi connectivity index (χ2v) is 5.93. The van der Waals surface area contributed by atoms with E-state index < -0.39 is 0 Å². The van der Waals surface area contributed by atoms with Crippen LogP contribution in [0.3, 0.4) is 0 Å². The monoisotopic (exact) mass is 264 g/mol. The molecule has 0 spiro atoms. The van der Waals surface area contributed by atoms with E-state index in [0.717, 1.165) is 22.3 Å². The standard InChI is InChI=1S/C19H20O/c1-13-8-14(2)10-18(9-13)19(20)12-15-6-7-16-4-3-5-17(16)11-15/h6-11H,3-5,12H2,1-2H3. The summed E-state index contributed by atoms with van der Waals surface area (Å²) in [6, 6.07) is 12.6. The van der Waals surface area contributed by atoms with Crippen molar-refractivity contribution in [1.82, 2.24) is 0 Å². The minimum atomic E-state index is 0.217. The van der Waals surface area contributed by atoms with Crippen LogP contribution in [-0.4, -0.2) is 5.78 Å². The van der Waals surface area contributed by atoms with Gasteiger partial charge in [-0.1, -0.05) is 35.4 Å². The van der Waals surface area contributed by atoms with Crippen molar-refractivity contribution in [2.24, 2.45) is 0 Å². The summed E-state index contributed by atoms with van der Waals surface area (Å²) in [7, 11) is 0. The molecule has 0 saturated heterocycles. The van der Waals surface area contributed by atoms with Gasteiger partial charge < -0.3 is 0 Å². The number of hydrogen-bond acceptors (Lipinski definition) is 1. The molecule has 0 N–H and O–H groups in total. The minimum Gasteiger partial charge on any atom is -0.294 e. The molecule has 1 aliphatic rings. The Morgan fingerprint density at radius 2 is 1.65 bits per heavy atom. The van der Waals surface area contributed by atoms with Gasteiger partial charge in [-0.15, -0.1) is 0 Å². The molecule has 102 valence electrons. The van der Waals surface area contributed by atoms with Crippen LogP contribution in [0.5, 0.6) is 0 Å². The molecule has 0 aliphatic heterocycles. The summed E-state index contributed by atoms with van der Waals surface area (Å²) in [4.78, 5) is 12.4. The van der Waals surface area contributed by atoms with Gasteiger partial charge in [-0.2, -0.15) is 0 Å². The highest BCUT2D eigenvalue weighted by Crippen LogP contribution is 2.23. The molecule has 0 heterocycles. The number of carbonyl (C=O) groups is 1. The normalized spacial score (nSPS) is 13.3. The average molecular weight is 264 g/mol. The number of benzene rings is 2. The maximum atomic E-state index is 12.4. The molecule has 2 aromatic carbocycles. The third-order valence-electron chi connectivity index (χ3n) is 4.07. The Hall–Kier alpha value is -1.89. The van der Waals surface area contributed by atoms with Crippen molar-refractivity contribution in [3.8, 4) is 0 Å². The van der Waals surface area contributed by atoms with Crippen molar-refractivity contribution in [2.45, 2.75) is 39.5 Å². The number of ketones is 1. The summed E-state index contributed by atoms with van der Waals surface area (Å²) in [6.45, 7) is 4.08. The Labute approximate surface area is 120 Å². The molecular weight excluding hydrogens is 244 g/mol. The largest absolute Gasteiger partial charge is 0.294 e. The second kappa shape index (κ2) is 5.24. The van der Waals surface area contributed by atoms with Gasteiger partial charge in [-0.3, -0.25) is 4.79 Å². The van der Waals surface area contributed by atoms with Gasteiger partial charge in [0.05, 0.1) is 0 Å². The number of rotatable bonds is 3. The van der Waals surface area contributed by atoms with Crippen molar-refractivity contribution in [3.05, 3.63) is 69.8 Å². The van der Waals surface area contributed by atoms with E-state index in [0.29, 0.717) is 6.42 Å². The zero-order valence-electron chi connectivity index (χ0n) is 12.2. The van der Waals surface area contributed by atoms with Gasteiger partial charge in [0, 0.05) is 12.0 Å². The highest BCUT2D eigenvalue weighted by atomic mass is 16.1. The topological polar surface area (TPSA) is 17.1 Å². The van der Waals surface area contributed by atoms with E-state index >= 15 is 0 Å². The molecule has 2 aromatic rings. The van der Waals surface area contributed by atoms with Gasteiger partial charge in [0.15, 0.2) is 5.78 Å². The number of Topliss-reactive ketones (excluding diaryl/α,β-unsaturated/α-hetero) is 1. The zero-order valence-corrected chi connectivity index (χ0v) is 12.2. The van der Waals surface area contributed by atoms with Gasteiger partial charge in [-0.25, -0.2) is 0 Å². The lowest BCUT2D eigenvalue weighted by Crippen LogP contribution is -2.05. The molecule has 20 heavy (non-hydrogen) atoms. The molecule has 0 unspecified atom stereocenters. The van der Waals surface area contributed by atoms with E-state index in [4.69, 9.17) is 0 Å². The molecule has 0 saturated carbocycles. The van der Waals surface area contributed by atoms with Crippen molar-refractivity contribution in [1.29, 1.82) is 0 Å². The third kappa shape index (κ3) is 2.67. The molecule has 3 rings (SSSR count). The van der Waals surface area contributed by atoms with E-state index in [2.05, 4.69) is 24.3 Å². The van der Waals surface area contributed by atoms with Crippen LogP contribution < -0.4 is 0 Å². The first-order chi connectivity index (χ1) is 9.61. The summed E-state index contributed by atoms with van der Waals surface area (Å²) < 4.78 is 0. The summed E-state index contributed by atoms with van der Waals surface area (Å²) >= 11 is 0. The highest BCUT2D eigenvalue weighted by molar-refractivity contribution is 5.97. The Morgan fingerprint density at radius 1 is 0.950 bits per heavy atom. The van der Waals surface area contributed by atoms with Gasteiger partial charge >= 0.3 is 0 Å². The lowest BCUT2D eigenvalue weighted by Gasteiger charge is -2.06. The van der Waals surface area contributed by atoms with Crippen LogP contribution in [0.25, 0.3) is 0 Å². The SMILES string of the molecule is Cc1cc(C)cc(C(=O)Cc2ccc3c(c2)CCC3)c1. The predicted molar refractivity (Wildman–Crippen MR) is 82.4 cm³/mol. The smallest absolute Gasteiger partial charge is 0.167 e. The van der Waals surface area contributed by atoms with Crippen molar-refractivity contribution < 1.29 is 4.79 Å². The van der Waals surface area contributed by atoms with Crippen LogP contribution >= 0.6 is 0 Å². The fraction of sp³-hybridized carbons (Fsp3) is 0.316. The first-order valence-electron chi connectivity index (χ1n) is 7.34. The molecule has 1 aliphatic carbocycles. The quantitative estimate of drug-likeness (QED) is 0.759. The molecule has 0 amide bonds. The van der Waals surface area contributed by atoms with Crippen LogP contribution in [0.4, 0.5) is 0 Å². The summed E-state index contributed by atoms with van der Waals surface area (Å²) in [5.74, 6) is 0.217. The molecular formula is C19H20O. The number of fused-ring (bicyclic) bond motifs is 1. The Morgan fingerprint density at radius 3 is 2.40 bits per heavy atom. The van der Waals surface area contributed by atoms with Crippen LogP contribution in [0.2, 0.25) is 0 Å². The molecule has 0 fully saturated rings. The molecule has 1 heteroatoms. The molecule has 0 atom stereocenters. The second-order valence-electron chi connectivity index (χ2n) is 5.93. The Bertz CT molecular complexity index is 647. The first-order valence-corrected chi connectivity index (χ1v) is 7.34. The van der Waals surface area contributed by atoms with Crippen molar-refractivity contribution in [2.75, 3.05) is 0 Å². The van der Waals surface area contributed by atoms with Crippen molar-refractivity contribution in [3.63, 3.8) is 0 Å². The van der Waals surface area contributed by atoms with Crippen LogP contribution in [0.1, 0.15) is 44.6 Å². The van der Waals surface area contributed by atoms with Gasteiger partial charge in [0.2, 0.25) is 0 Å². The molecule has 0 bridgehead atoms. The highest BCUT2D eigenvalue weighted by Gasteiger charge is 2.13. The van der Waals surface area contributed by atoms with Crippen molar-refractivity contribution >= 4 is 5.78 Å². The number of hydrogen-bond donors (Lipinski definition) is 0. The van der Waals surface area contributed by atoms with Gasteiger partial charge in [0.1, 0.15) is 0 Å². The van der Waals surface area contributed by atoms with Crippen LogP contribution in [-0.2, 0) is 19.3 Å². The molecule has 0 aromatic heterocycles. The van der Waals surface area contributed by atoms with E-state index in [9.17, 15) is 4.79 Å². The maximum absolute atomic E-state index is 12.4. The van der Waals surface area contributed by atoms with Gasteiger partial charge in [-0.05, 0) is 61.9 Å². The van der Waals surface area contributed by atoms with Gasteiger partial charge in [0.25, 0.3) is 0 Å². The maximum Gasteiger partial charge on any atom is 0.167 e. The lowest BCUT2D eigenvalue weighted by atomic mass is 9.97. The summed E-state index contributed by atoms with van der Waals surface area (Å²) in [6.07, 6.45) is 4.13. The van der Waals surface area contributed by atoms with Crippen LogP contribution in [0, 0.1) is 13.8 Å². The molecule has 1 nitrogen and oxygen atoms in total. The first kappa shape index (κ1) is 13.1. The van der Waals surface area contributed by atoms with E-state index in [1.165, 1.54) is 30.4 Å². The Kier molecular flexibility index (Phi) is 3.43. The summed E-state index contributed by atoms with van der Waals surface area (Å²) in [5.41, 5.74) is 7.20. The fourth-order valence-corrected chi connectivity index (χ4v) is 3.16. The van der Waals surface area contributed by atoms with E-state index in [-0.39, 0.29) is 5.78 Å². The summed E-state index contributed by atoms with van der Waals surface area (Å²) in [5, 5.41) is 0. The van der Waals surface area contributed by atoms with E-state index in [1.54, 1.807) is 0 Å². The lowest BCUT2D eigenvalue weighted by molar-refractivity contribution is 0.0993. The predicted octanol–water partition coefficient (Wildman–Crippen LogP) is 4.22. The van der Waals surface area contributed by atoms with Crippen LogP contribution in [0.15, 0.2) is 36.4 Å². The van der Waals surface area contributed by atoms with E-state index in [1.807, 2.05) is 26.0 Å².